The van der Waals surface area contributed by atoms with Gasteiger partial charge in [-0.1, -0.05) is 11.6 Å². The average molecular weight is 251 g/mol. The van der Waals surface area contributed by atoms with Gasteiger partial charge in [0.05, 0.1) is 29.1 Å². The lowest BCUT2D eigenvalue weighted by Crippen LogP contribution is -2.12. The number of carbonyl (C=O) groups excluding carboxylic acids is 1. The van der Waals surface area contributed by atoms with Crippen LogP contribution in [0.3, 0.4) is 0 Å². The summed E-state index contributed by atoms with van der Waals surface area (Å²) in [5, 5.41) is -0.368. The summed E-state index contributed by atoms with van der Waals surface area (Å²) < 4.78 is 29.9. The smallest absolute Gasteiger partial charge is 0.357 e. The van der Waals surface area contributed by atoms with Crippen LogP contribution in [0.25, 0.3) is 0 Å². The van der Waals surface area contributed by atoms with Gasteiger partial charge in [-0.15, -0.1) is 0 Å². The van der Waals surface area contributed by atoms with E-state index in [1.807, 2.05) is 0 Å². The van der Waals surface area contributed by atoms with Crippen molar-refractivity contribution in [3.05, 3.63) is 22.5 Å². The van der Waals surface area contributed by atoms with Crippen LogP contribution in [0.5, 0.6) is 0 Å². The maximum absolute atomic E-state index is 12.7. The molecule has 16 heavy (non-hydrogen) atoms. The summed E-state index contributed by atoms with van der Waals surface area (Å²) in [6, 6.07) is 0. The van der Waals surface area contributed by atoms with Gasteiger partial charge in [-0.05, 0) is 6.92 Å². The van der Waals surface area contributed by atoms with Gasteiger partial charge in [0.15, 0.2) is 5.69 Å². The Bertz CT molecular complexity index is 413. The number of hydrogen-bond acceptors (Lipinski definition) is 4. The zero-order valence-electron chi connectivity index (χ0n) is 8.34. The molecule has 4 nitrogen and oxygen atoms in total. The molecule has 0 aliphatic rings. The zero-order chi connectivity index (χ0) is 12.3. The van der Waals surface area contributed by atoms with E-state index < -0.39 is 23.7 Å². The Kier molecular flexibility index (Phi) is 4.00. The van der Waals surface area contributed by atoms with Gasteiger partial charge < -0.3 is 10.5 Å². The Morgan fingerprint density at radius 2 is 2.31 bits per heavy atom. The Balaban J connectivity index is 3.28. The lowest BCUT2D eigenvalue weighted by molar-refractivity contribution is 0.0507. The molecule has 0 amide bonds. The van der Waals surface area contributed by atoms with Crippen molar-refractivity contribution in [2.45, 2.75) is 13.3 Å². The normalized spacial score (nSPS) is 10.6. The van der Waals surface area contributed by atoms with E-state index in [0.717, 1.165) is 6.20 Å². The standard InChI is InChI=1S/C9H9ClF2N2O2/c1-2-16-9(15)7-5(8(11)12)6(10)4(13)3-14-7/h3,8H,2,13H2,1H3. The van der Waals surface area contributed by atoms with E-state index in [9.17, 15) is 13.6 Å². The number of anilines is 1. The van der Waals surface area contributed by atoms with Gasteiger partial charge in [0.1, 0.15) is 0 Å². The number of aromatic nitrogens is 1. The topological polar surface area (TPSA) is 65.2 Å². The highest BCUT2D eigenvalue weighted by atomic mass is 35.5. The van der Waals surface area contributed by atoms with E-state index >= 15 is 0 Å². The molecule has 0 aromatic carbocycles. The predicted octanol–water partition coefficient (Wildman–Crippen LogP) is 2.43. The van der Waals surface area contributed by atoms with Gasteiger partial charge in [-0.3, -0.25) is 0 Å². The number of pyridine rings is 1. The first-order valence-corrected chi connectivity index (χ1v) is 4.76. The molecule has 7 heteroatoms. The molecule has 0 bridgehead atoms. The second-order valence-electron chi connectivity index (χ2n) is 2.81. The first kappa shape index (κ1) is 12.6. The molecule has 0 spiro atoms. The molecule has 0 saturated heterocycles. The number of nitrogens with zero attached hydrogens (tertiary/aromatic N) is 1. The van der Waals surface area contributed by atoms with Crippen LogP contribution < -0.4 is 5.73 Å². The van der Waals surface area contributed by atoms with E-state index in [4.69, 9.17) is 17.3 Å². The number of esters is 1. The van der Waals surface area contributed by atoms with Crippen LogP contribution in [0.15, 0.2) is 6.20 Å². The van der Waals surface area contributed by atoms with Crippen LogP contribution in [0.4, 0.5) is 14.5 Å². The lowest BCUT2D eigenvalue weighted by atomic mass is 10.2. The van der Waals surface area contributed by atoms with E-state index in [1.54, 1.807) is 6.92 Å². The van der Waals surface area contributed by atoms with Crippen molar-refractivity contribution in [3.63, 3.8) is 0 Å². The number of hydrogen-bond donors (Lipinski definition) is 1. The van der Waals surface area contributed by atoms with Crippen LogP contribution in [-0.4, -0.2) is 17.6 Å². The summed E-state index contributed by atoms with van der Waals surface area (Å²) in [4.78, 5) is 14.8. The molecule has 0 fully saturated rings. The molecule has 0 radical (unpaired) electrons. The van der Waals surface area contributed by atoms with Crippen molar-refractivity contribution >= 4 is 23.3 Å². The Hall–Kier alpha value is -1.43. The second kappa shape index (κ2) is 5.07. The SMILES string of the molecule is CCOC(=O)c1ncc(N)c(Cl)c1C(F)F. The van der Waals surface area contributed by atoms with Crippen LogP contribution in [-0.2, 0) is 4.74 Å². The Labute approximate surface area is 95.4 Å². The summed E-state index contributed by atoms with van der Waals surface area (Å²) >= 11 is 5.58. The number of carbonyl (C=O) groups is 1. The van der Waals surface area contributed by atoms with E-state index in [2.05, 4.69) is 9.72 Å². The number of rotatable bonds is 3. The molecule has 1 aromatic heterocycles. The van der Waals surface area contributed by atoms with Crippen molar-refractivity contribution in [1.82, 2.24) is 4.98 Å². The fourth-order valence-corrected chi connectivity index (χ4v) is 1.30. The number of nitrogens with two attached hydrogens (primary N) is 1. The monoisotopic (exact) mass is 250 g/mol. The predicted molar refractivity (Wildman–Crippen MR) is 54.6 cm³/mol. The van der Waals surface area contributed by atoms with Gasteiger partial charge in [0, 0.05) is 0 Å². The van der Waals surface area contributed by atoms with Gasteiger partial charge in [-0.2, -0.15) is 0 Å². The first-order valence-electron chi connectivity index (χ1n) is 4.38. The highest BCUT2D eigenvalue weighted by Crippen LogP contribution is 2.33. The molecule has 0 unspecified atom stereocenters. The van der Waals surface area contributed by atoms with Crippen molar-refractivity contribution in [2.75, 3.05) is 12.3 Å². The minimum atomic E-state index is -2.94. The fourth-order valence-electron chi connectivity index (χ4n) is 1.08. The number of nitrogen functional groups attached to an aromatic ring is 1. The highest BCUT2D eigenvalue weighted by molar-refractivity contribution is 6.34. The molecule has 1 aromatic rings. The summed E-state index contributed by atoms with van der Waals surface area (Å²) in [6.07, 6.45) is -1.90. The number of halogens is 3. The summed E-state index contributed by atoms with van der Waals surface area (Å²) in [7, 11) is 0. The summed E-state index contributed by atoms with van der Waals surface area (Å²) in [6.45, 7) is 1.62. The third kappa shape index (κ3) is 2.38. The summed E-state index contributed by atoms with van der Waals surface area (Å²) in [5.41, 5.74) is 4.02. The largest absolute Gasteiger partial charge is 0.461 e. The first-order chi connectivity index (χ1) is 7.49. The third-order valence-electron chi connectivity index (χ3n) is 1.76. The Morgan fingerprint density at radius 3 is 2.81 bits per heavy atom. The molecule has 0 saturated carbocycles. The third-order valence-corrected chi connectivity index (χ3v) is 2.19. The van der Waals surface area contributed by atoms with Crippen LogP contribution in [0.1, 0.15) is 29.4 Å². The van der Waals surface area contributed by atoms with Gasteiger partial charge in [0.2, 0.25) is 0 Å². The van der Waals surface area contributed by atoms with E-state index in [-0.39, 0.29) is 17.3 Å². The van der Waals surface area contributed by atoms with Gasteiger partial charge >= 0.3 is 5.97 Å². The van der Waals surface area contributed by atoms with Crippen LogP contribution in [0.2, 0.25) is 5.02 Å². The van der Waals surface area contributed by atoms with E-state index in [0.29, 0.717) is 0 Å². The molecule has 1 rings (SSSR count). The molecule has 0 aliphatic heterocycles. The van der Waals surface area contributed by atoms with Crippen molar-refractivity contribution < 1.29 is 18.3 Å². The average Bonchev–Trinajstić information content (AvgIpc) is 2.21. The van der Waals surface area contributed by atoms with Crippen molar-refractivity contribution in [1.29, 1.82) is 0 Å². The molecule has 2 N–H and O–H groups in total. The quantitative estimate of drug-likeness (QED) is 0.837. The van der Waals surface area contributed by atoms with E-state index in [1.165, 1.54) is 0 Å². The van der Waals surface area contributed by atoms with Crippen molar-refractivity contribution in [2.24, 2.45) is 0 Å². The van der Waals surface area contributed by atoms with Crippen LogP contribution in [0, 0.1) is 0 Å². The van der Waals surface area contributed by atoms with Gasteiger partial charge in [-0.25, -0.2) is 18.6 Å². The molecule has 1 heterocycles. The maximum Gasteiger partial charge on any atom is 0.357 e. The fraction of sp³-hybridized carbons (Fsp3) is 0.333. The van der Waals surface area contributed by atoms with Crippen LogP contribution >= 0.6 is 11.6 Å². The molecular formula is C9H9ClF2N2O2. The Morgan fingerprint density at radius 1 is 1.69 bits per heavy atom. The van der Waals surface area contributed by atoms with Gasteiger partial charge in [0.25, 0.3) is 6.43 Å². The number of ether oxygens (including phenoxy) is 1. The lowest BCUT2D eigenvalue weighted by Gasteiger charge is -2.10. The second-order valence-corrected chi connectivity index (χ2v) is 3.19. The molecular weight excluding hydrogens is 242 g/mol. The number of alkyl halides is 2. The van der Waals surface area contributed by atoms with Crippen molar-refractivity contribution in [3.8, 4) is 0 Å². The summed E-state index contributed by atoms with van der Waals surface area (Å²) in [5.74, 6) is -0.945. The molecule has 0 aliphatic carbocycles. The molecule has 0 atom stereocenters. The highest BCUT2D eigenvalue weighted by Gasteiger charge is 2.25. The minimum absolute atomic E-state index is 0.0607. The molecule has 88 valence electrons. The minimum Gasteiger partial charge on any atom is -0.461 e. The maximum atomic E-state index is 12.7. The zero-order valence-corrected chi connectivity index (χ0v) is 9.09.